The number of urea groups is 1. The van der Waals surface area contributed by atoms with Gasteiger partial charge in [0, 0.05) is 28.6 Å². The Hall–Kier alpha value is -3.10. The van der Waals surface area contributed by atoms with Crippen molar-refractivity contribution in [3.63, 3.8) is 0 Å². The number of hydrogen-bond acceptors (Lipinski definition) is 3. The van der Waals surface area contributed by atoms with Crippen LogP contribution in [-0.4, -0.2) is 29.1 Å². The van der Waals surface area contributed by atoms with Crippen molar-refractivity contribution in [2.45, 2.75) is 11.4 Å². The Balaban J connectivity index is 1.50. The molecular weight excluding hydrogens is 468 g/mol. The van der Waals surface area contributed by atoms with Gasteiger partial charge in [-0.1, -0.05) is 41.9 Å². The van der Waals surface area contributed by atoms with E-state index in [1.165, 1.54) is 27.6 Å². The van der Waals surface area contributed by atoms with Crippen LogP contribution in [0.1, 0.15) is 11.1 Å². The van der Waals surface area contributed by atoms with Crippen LogP contribution in [0.2, 0.25) is 5.02 Å². The van der Waals surface area contributed by atoms with Crippen LogP contribution in [-0.2, 0) is 16.2 Å². The second-order valence-corrected chi connectivity index (χ2v) is 9.47. The van der Waals surface area contributed by atoms with Gasteiger partial charge in [-0.3, -0.25) is 9.69 Å². The van der Waals surface area contributed by atoms with Gasteiger partial charge in [0.2, 0.25) is 0 Å². The Kier molecular flexibility index (Phi) is 5.50. The van der Waals surface area contributed by atoms with Gasteiger partial charge in [0.25, 0.3) is 5.91 Å². The van der Waals surface area contributed by atoms with Gasteiger partial charge < -0.3 is 10.2 Å². The molecule has 1 atom stereocenters. The Morgan fingerprint density at radius 3 is 2.67 bits per heavy atom. The molecule has 3 aromatic carbocycles. The smallest absolute Gasteiger partial charge is 0.308 e. The molecule has 0 radical (unpaired) electrons. The number of carbonyl (C=O) groups is 2. The van der Waals surface area contributed by atoms with Crippen molar-refractivity contribution >= 4 is 46.7 Å². The van der Waals surface area contributed by atoms with Gasteiger partial charge in [-0.2, -0.15) is 0 Å². The normalized spacial score (nSPS) is 19.3. The largest absolute Gasteiger partial charge is 0.323 e. The van der Waals surface area contributed by atoms with Gasteiger partial charge >= 0.3 is 6.03 Å². The highest BCUT2D eigenvalue weighted by molar-refractivity contribution is 8.01. The highest BCUT2D eigenvalue weighted by Crippen LogP contribution is 2.54. The summed E-state index contributed by atoms with van der Waals surface area (Å²) in [6, 6.07) is 17.2. The number of para-hydroxylation sites is 1. The van der Waals surface area contributed by atoms with E-state index >= 15 is 0 Å². The molecule has 0 aromatic heterocycles. The van der Waals surface area contributed by atoms with Gasteiger partial charge in [-0.25, -0.2) is 13.6 Å². The molecule has 2 aliphatic rings. The number of thioether (sulfide) groups is 1. The van der Waals surface area contributed by atoms with E-state index in [4.69, 9.17) is 11.6 Å². The van der Waals surface area contributed by atoms with Gasteiger partial charge in [0.05, 0.1) is 12.2 Å². The fourth-order valence-corrected chi connectivity index (χ4v) is 5.95. The summed E-state index contributed by atoms with van der Waals surface area (Å²) in [5.74, 6) is -1.64. The van der Waals surface area contributed by atoms with Crippen molar-refractivity contribution in [1.29, 1.82) is 0 Å². The zero-order valence-electron chi connectivity index (χ0n) is 17.2. The van der Waals surface area contributed by atoms with E-state index in [1.54, 1.807) is 36.4 Å². The lowest BCUT2D eigenvalue weighted by Crippen LogP contribution is -2.51. The average Bonchev–Trinajstić information content (AvgIpc) is 3.34. The molecule has 168 valence electrons. The highest BCUT2D eigenvalue weighted by Gasteiger charge is 2.59. The molecular formula is C24H18ClF2N3O2S. The zero-order valence-corrected chi connectivity index (χ0v) is 18.8. The summed E-state index contributed by atoms with van der Waals surface area (Å²) in [5.41, 5.74) is 2.31. The first-order valence-corrected chi connectivity index (χ1v) is 11.6. The molecule has 0 bridgehead atoms. The van der Waals surface area contributed by atoms with Crippen LogP contribution in [0.15, 0.2) is 66.7 Å². The first-order valence-electron chi connectivity index (χ1n) is 10.2. The molecule has 2 heterocycles. The van der Waals surface area contributed by atoms with Gasteiger partial charge in [0.1, 0.15) is 0 Å². The number of nitrogens with one attached hydrogen (secondary N) is 1. The van der Waals surface area contributed by atoms with E-state index in [0.717, 1.165) is 12.1 Å². The van der Waals surface area contributed by atoms with Crippen LogP contribution < -0.4 is 10.2 Å². The molecule has 0 saturated carbocycles. The molecule has 5 nitrogen and oxygen atoms in total. The van der Waals surface area contributed by atoms with E-state index in [0.29, 0.717) is 39.8 Å². The number of anilines is 2. The average molecular weight is 486 g/mol. The maximum absolute atomic E-state index is 13.9. The minimum Gasteiger partial charge on any atom is -0.308 e. The van der Waals surface area contributed by atoms with Crippen LogP contribution in [0.3, 0.4) is 0 Å². The quantitative estimate of drug-likeness (QED) is 0.525. The molecule has 2 aliphatic heterocycles. The van der Waals surface area contributed by atoms with Crippen molar-refractivity contribution in [2.75, 3.05) is 22.5 Å². The fourth-order valence-electron chi connectivity index (χ4n) is 4.30. The number of benzene rings is 3. The van der Waals surface area contributed by atoms with Crippen molar-refractivity contribution in [1.82, 2.24) is 4.90 Å². The van der Waals surface area contributed by atoms with Crippen LogP contribution in [0.25, 0.3) is 0 Å². The number of hydrogen-bond donors (Lipinski definition) is 1. The summed E-state index contributed by atoms with van der Waals surface area (Å²) in [6.45, 7) is 0.426. The molecule has 1 N–H and O–H groups in total. The molecule has 1 fully saturated rings. The summed E-state index contributed by atoms with van der Waals surface area (Å²) in [6.07, 6.45) is 0. The molecule has 9 heteroatoms. The van der Waals surface area contributed by atoms with Gasteiger partial charge in [-0.15, -0.1) is 11.8 Å². The summed E-state index contributed by atoms with van der Waals surface area (Å²) >= 11 is 7.42. The second kappa shape index (κ2) is 8.35. The topological polar surface area (TPSA) is 52.7 Å². The lowest BCUT2D eigenvalue weighted by molar-refractivity contribution is -0.123. The Morgan fingerprint density at radius 1 is 1.06 bits per heavy atom. The van der Waals surface area contributed by atoms with Crippen LogP contribution >= 0.6 is 23.4 Å². The van der Waals surface area contributed by atoms with Crippen molar-refractivity contribution in [3.8, 4) is 0 Å². The van der Waals surface area contributed by atoms with Gasteiger partial charge in [0.15, 0.2) is 16.5 Å². The number of halogens is 3. The van der Waals surface area contributed by atoms with E-state index in [9.17, 15) is 18.4 Å². The summed E-state index contributed by atoms with van der Waals surface area (Å²) in [4.78, 5) is 29.0. The van der Waals surface area contributed by atoms with E-state index in [-0.39, 0.29) is 12.5 Å². The molecule has 1 saturated heterocycles. The molecule has 0 aliphatic carbocycles. The summed E-state index contributed by atoms with van der Waals surface area (Å²) in [7, 11) is 0. The third-order valence-electron chi connectivity index (χ3n) is 5.75. The maximum Gasteiger partial charge on any atom is 0.323 e. The van der Waals surface area contributed by atoms with Crippen molar-refractivity contribution < 1.29 is 18.4 Å². The van der Waals surface area contributed by atoms with Gasteiger partial charge in [-0.05, 0) is 42.0 Å². The number of carbonyl (C=O) groups excluding carboxylic acids is 2. The van der Waals surface area contributed by atoms with Crippen molar-refractivity contribution in [3.05, 3.63) is 94.5 Å². The van der Waals surface area contributed by atoms with Crippen LogP contribution in [0.4, 0.5) is 25.0 Å². The Bertz CT molecular complexity index is 1270. The monoisotopic (exact) mass is 485 g/mol. The lowest BCUT2D eigenvalue weighted by Gasteiger charge is -2.33. The minimum absolute atomic E-state index is 0.0547. The number of fused-ring (bicyclic) bond motifs is 2. The number of nitrogens with zero attached hydrogens (tertiary/aromatic N) is 2. The molecule has 1 spiro atoms. The zero-order chi connectivity index (χ0) is 23.2. The fraction of sp³-hybridized carbons (Fsp3) is 0.167. The summed E-state index contributed by atoms with van der Waals surface area (Å²) < 4.78 is 27.2. The predicted molar refractivity (Wildman–Crippen MR) is 125 cm³/mol. The standard InChI is InChI=1S/C24H18ClF2N3O2S/c25-16-4-3-5-17(13-16)28-23(32)30-10-11-33-24(30)18-6-1-2-7-21(18)29(22(24)31)14-15-8-9-19(26)20(27)12-15/h1-9,12-13H,10-11,14H2,(H,28,32). The first-order chi connectivity index (χ1) is 15.9. The SMILES string of the molecule is O=C(Nc1cccc(Cl)c1)N1CCSC12C(=O)N(Cc1ccc(F)c(F)c1)c1ccccc12. The van der Waals surface area contributed by atoms with E-state index < -0.39 is 22.5 Å². The highest BCUT2D eigenvalue weighted by atomic mass is 35.5. The van der Waals surface area contributed by atoms with E-state index in [2.05, 4.69) is 5.32 Å². The maximum atomic E-state index is 13.9. The van der Waals surface area contributed by atoms with E-state index in [1.807, 2.05) is 12.1 Å². The van der Waals surface area contributed by atoms with Crippen molar-refractivity contribution in [2.24, 2.45) is 0 Å². The minimum atomic E-state index is -1.24. The molecule has 33 heavy (non-hydrogen) atoms. The molecule has 1 unspecified atom stereocenters. The predicted octanol–water partition coefficient (Wildman–Crippen LogP) is 5.60. The number of rotatable bonds is 3. The third-order valence-corrected chi connectivity index (χ3v) is 7.40. The third kappa shape index (κ3) is 3.63. The van der Waals surface area contributed by atoms with Crippen LogP contribution in [0, 0.1) is 11.6 Å². The lowest BCUT2D eigenvalue weighted by atomic mass is 10.1. The van der Waals surface area contributed by atoms with Crippen LogP contribution in [0.5, 0.6) is 0 Å². The number of amides is 3. The molecule has 3 amide bonds. The Labute approximate surface area is 198 Å². The summed E-state index contributed by atoms with van der Waals surface area (Å²) in [5, 5.41) is 3.32. The molecule has 3 aromatic rings. The first kappa shape index (κ1) is 21.7. The second-order valence-electron chi connectivity index (χ2n) is 7.74. The molecule has 5 rings (SSSR count). The Morgan fingerprint density at radius 2 is 1.88 bits per heavy atom.